The van der Waals surface area contributed by atoms with Crippen LogP contribution in [0.5, 0.6) is 28.7 Å². The van der Waals surface area contributed by atoms with Crippen molar-refractivity contribution >= 4 is 22.6 Å². The van der Waals surface area contributed by atoms with Gasteiger partial charge in [-0.05, 0) is 12.1 Å². The fraction of sp³-hybridized carbons (Fsp3) is 0.167. The van der Waals surface area contributed by atoms with Crippen LogP contribution < -0.4 is 19.6 Å². The topological polar surface area (TPSA) is 98.4 Å². The molecule has 0 spiro atoms. The number of halogens is 1. The predicted molar refractivity (Wildman–Crippen MR) is 95.9 cm³/mol. The van der Waals surface area contributed by atoms with E-state index in [9.17, 15) is 15.0 Å². The highest BCUT2D eigenvalue weighted by Crippen LogP contribution is 2.45. The van der Waals surface area contributed by atoms with Crippen molar-refractivity contribution in [2.24, 2.45) is 0 Å². The number of aromatic hydroxyl groups is 2. The van der Waals surface area contributed by atoms with Crippen LogP contribution in [0.25, 0.3) is 22.3 Å². The number of fused-ring (bicyclic) bond motifs is 1. The number of rotatable bonds is 4. The molecule has 0 aliphatic rings. The van der Waals surface area contributed by atoms with E-state index in [1.807, 2.05) is 0 Å². The van der Waals surface area contributed by atoms with E-state index in [-0.39, 0.29) is 56.1 Å². The quantitative estimate of drug-likeness (QED) is 0.716. The molecule has 136 valence electrons. The molecule has 2 N–H and O–H groups in total. The van der Waals surface area contributed by atoms with Crippen LogP contribution in [0.15, 0.2) is 33.5 Å². The van der Waals surface area contributed by atoms with Gasteiger partial charge in [-0.15, -0.1) is 0 Å². The normalized spacial score (nSPS) is 10.8. The Bertz CT molecular complexity index is 1060. The Kier molecular flexibility index (Phi) is 4.56. The molecular weight excluding hydrogens is 364 g/mol. The van der Waals surface area contributed by atoms with Crippen molar-refractivity contribution in [2.45, 2.75) is 0 Å². The first-order valence-corrected chi connectivity index (χ1v) is 7.79. The second kappa shape index (κ2) is 6.68. The summed E-state index contributed by atoms with van der Waals surface area (Å²) in [4.78, 5) is 12.9. The van der Waals surface area contributed by atoms with Crippen LogP contribution in [-0.2, 0) is 0 Å². The molecule has 0 radical (unpaired) electrons. The van der Waals surface area contributed by atoms with Gasteiger partial charge in [0.15, 0.2) is 17.1 Å². The Labute approximate surface area is 152 Å². The predicted octanol–water partition coefficient (Wildman–Crippen LogP) is 3.55. The highest BCUT2D eigenvalue weighted by molar-refractivity contribution is 6.32. The smallest absolute Gasteiger partial charge is 0.239 e. The number of phenolic OH excluding ortho intramolecular Hbond substituents is 2. The molecule has 8 heteroatoms. The highest BCUT2D eigenvalue weighted by atomic mass is 35.5. The SMILES string of the molecule is COc1cc(O)c2c(=O)c(OC)c(-c3cccc(Cl)c3O)oc2c1OC. The summed E-state index contributed by atoms with van der Waals surface area (Å²) in [5, 5.41) is 20.4. The molecule has 0 atom stereocenters. The van der Waals surface area contributed by atoms with E-state index in [2.05, 4.69) is 0 Å². The minimum atomic E-state index is -0.637. The zero-order chi connectivity index (χ0) is 19.0. The molecule has 3 rings (SSSR count). The number of hydrogen-bond acceptors (Lipinski definition) is 7. The van der Waals surface area contributed by atoms with Crippen LogP contribution in [0, 0.1) is 0 Å². The van der Waals surface area contributed by atoms with Gasteiger partial charge in [-0.2, -0.15) is 0 Å². The average Bonchev–Trinajstić information content (AvgIpc) is 2.63. The van der Waals surface area contributed by atoms with Gasteiger partial charge < -0.3 is 28.8 Å². The third-order valence-electron chi connectivity index (χ3n) is 3.88. The number of phenols is 2. The summed E-state index contributed by atoms with van der Waals surface area (Å²) < 4.78 is 21.4. The lowest BCUT2D eigenvalue weighted by Crippen LogP contribution is -2.09. The first-order chi connectivity index (χ1) is 12.4. The summed E-state index contributed by atoms with van der Waals surface area (Å²) in [6.07, 6.45) is 0. The van der Waals surface area contributed by atoms with Crippen LogP contribution in [-0.4, -0.2) is 31.5 Å². The van der Waals surface area contributed by atoms with Gasteiger partial charge in [-0.1, -0.05) is 17.7 Å². The number of benzene rings is 2. The number of ether oxygens (including phenoxy) is 3. The second-order valence-electron chi connectivity index (χ2n) is 5.26. The Hall–Kier alpha value is -3.06. The highest BCUT2D eigenvalue weighted by Gasteiger charge is 2.26. The molecule has 3 aromatic rings. The molecule has 0 fully saturated rings. The second-order valence-corrected chi connectivity index (χ2v) is 5.67. The zero-order valence-corrected chi connectivity index (χ0v) is 14.9. The Morgan fingerprint density at radius 2 is 1.73 bits per heavy atom. The fourth-order valence-electron chi connectivity index (χ4n) is 2.69. The van der Waals surface area contributed by atoms with Crippen LogP contribution in [0.4, 0.5) is 0 Å². The van der Waals surface area contributed by atoms with Crippen molar-refractivity contribution in [3.63, 3.8) is 0 Å². The van der Waals surface area contributed by atoms with Gasteiger partial charge in [-0.25, -0.2) is 0 Å². The third kappa shape index (κ3) is 2.57. The fourth-order valence-corrected chi connectivity index (χ4v) is 2.87. The molecule has 0 bridgehead atoms. The van der Waals surface area contributed by atoms with Crippen LogP contribution >= 0.6 is 11.6 Å². The van der Waals surface area contributed by atoms with E-state index in [1.54, 1.807) is 6.07 Å². The molecule has 0 saturated heterocycles. The molecule has 7 nitrogen and oxygen atoms in total. The summed E-state index contributed by atoms with van der Waals surface area (Å²) in [6.45, 7) is 0. The summed E-state index contributed by atoms with van der Waals surface area (Å²) in [5.41, 5.74) is -0.538. The molecule has 1 aromatic heterocycles. The monoisotopic (exact) mass is 378 g/mol. The maximum Gasteiger partial charge on any atom is 0.239 e. The minimum Gasteiger partial charge on any atom is -0.507 e. The number of para-hydroxylation sites is 1. The average molecular weight is 379 g/mol. The van der Waals surface area contributed by atoms with Crippen molar-refractivity contribution in [3.8, 4) is 40.1 Å². The van der Waals surface area contributed by atoms with E-state index in [0.717, 1.165) is 0 Å². The van der Waals surface area contributed by atoms with Crippen molar-refractivity contribution < 1.29 is 28.8 Å². The van der Waals surface area contributed by atoms with E-state index >= 15 is 0 Å². The van der Waals surface area contributed by atoms with Crippen molar-refractivity contribution in [1.29, 1.82) is 0 Å². The first-order valence-electron chi connectivity index (χ1n) is 7.41. The van der Waals surface area contributed by atoms with Gasteiger partial charge in [-0.3, -0.25) is 4.79 Å². The Morgan fingerprint density at radius 3 is 2.35 bits per heavy atom. The van der Waals surface area contributed by atoms with Crippen molar-refractivity contribution in [3.05, 3.63) is 39.5 Å². The van der Waals surface area contributed by atoms with Crippen LogP contribution in [0.1, 0.15) is 0 Å². The number of hydrogen-bond donors (Lipinski definition) is 2. The van der Waals surface area contributed by atoms with Gasteiger partial charge in [0.2, 0.25) is 16.9 Å². The molecule has 0 amide bonds. The van der Waals surface area contributed by atoms with Crippen LogP contribution in [0.3, 0.4) is 0 Å². The van der Waals surface area contributed by atoms with Crippen molar-refractivity contribution in [1.82, 2.24) is 0 Å². The van der Waals surface area contributed by atoms with E-state index in [0.29, 0.717) is 0 Å². The van der Waals surface area contributed by atoms with E-state index in [4.69, 9.17) is 30.2 Å². The summed E-state index contributed by atoms with van der Waals surface area (Å²) in [6, 6.07) is 5.83. The first kappa shape index (κ1) is 17.8. The maximum absolute atomic E-state index is 12.9. The summed E-state index contributed by atoms with van der Waals surface area (Å²) in [7, 11) is 4.03. The summed E-state index contributed by atoms with van der Waals surface area (Å²) in [5.74, 6) is -0.601. The molecule has 1 heterocycles. The lowest BCUT2D eigenvalue weighted by molar-refractivity contribution is 0.348. The zero-order valence-electron chi connectivity index (χ0n) is 14.1. The van der Waals surface area contributed by atoms with Gasteiger partial charge in [0, 0.05) is 6.07 Å². The van der Waals surface area contributed by atoms with E-state index in [1.165, 1.54) is 39.5 Å². The largest absolute Gasteiger partial charge is 0.507 e. The van der Waals surface area contributed by atoms with E-state index < -0.39 is 5.43 Å². The third-order valence-corrected chi connectivity index (χ3v) is 4.19. The van der Waals surface area contributed by atoms with Gasteiger partial charge in [0.1, 0.15) is 16.9 Å². The minimum absolute atomic E-state index is 0.0514. The van der Waals surface area contributed by atoms with Crippen LogP contribution in [0.2, 0.25) is 5.02 Å². The lowest BCUT2D eigenvalue weighted by atomic mass is 10.1. The number of methoxy groups -OCH3 is 3. The molecule has 26 heavy (non-hydrogen) atoms. The molecule has 2 aromatic carbocycles. The Morgan fingerprint density at radius 1 is 1.04 bits per heavy atom. The molecule has 0 aliphatic carbocycles. The maximum atomic E-state index is 12.9. The molecular formula is C18H15ClO7. The summed E-state index contributed by atoms with van der Waals surface area (Å²) >= 11 is 5.95. The van der Waals surface area contributed by atoms with Gasteiger partial charge >= 0.3 is 0 Å². The van der Waals surface area contributed by atoms with Crippen molar-refractivity contribution in [2.75, 3.05) is 21.3 Å². The molecule has 0 unspecified atom stereocenters. The Balaban J connectivity index is 2.52. The van der Waals surface area contributed by atoms with Gasteiger partial charge in [0.05, 0.1) is 31.9 Å². The van der Waals surface area contributed by atoms with Gasteiger partial charge in [0.25, 0.3) is 0 Å². The standard InChI is InChI=1S/C18H15ClO7/c1-23-11-7-10(20)12-14(22)18(25-3)15(26-17(12)16(11)24-2)8-5-4-6-9(19)13(8)21/h4-7,20-21H,1-3H3. The molecule has 0 saturated carbocycles. The molecule has 0 aliphatic heterocycles. The lowest BCUT2D eigenvalue weighted by Gasteiger charge is -2.15.